The minimum Gasteiger partial charge on any atom is -0.351 e. The van der Waals surface area contributed by atoms with Gasteiger partial charge in [0.2, 0.25) is 10.0 Å². The molecule has 0 fully saturated rings. The van der Waals surface area contributed by atoms with Crippen LogP contribution < -0.4 is 5.32 Å². The summed E-state index contributed by atoms with van der Waals surface area (Å²) in [7, 11) is -3.60. The number of aromatic nitrogens is 1. The quantitative estimate of drug-likeness (QED) is 0.707. The molecule has 1 N–H and O–H groups in total. The highest BCUT2D eigenvalue weighted by molar-refractivity contribution is 7.89. The van der Waals surface area contributed by atoms with E-state index in [-0.39, 0.29) is 17.3 Å². The van der Waals surface area contributed by atoms with Crippen molar-refractivity contribution in [1.82, 2.24) is 14.6 Å². The van der Waals surface area contributed by atoms with Gasteiger partial charge in [-0.25, -0.2) is 13.4 Å². The van der Waals surface area contributed by atoms with E-state index in [4.69, 9.17) is 0 Å². The lowest BCUT2D eigenvalue weighted by atomic mass is 10.2. The predicted molar refractivity (Wildman–Crippen MR) is 104 cm³/mol. The van der Waals surface area contributed by atoms with Crippen LogP contribution in [0.4, 0.5) is 0 Å². The number of aryl methyl sites for hydroxylation is 1. The summed E-state index contributed by atoms with van der Waals surface area (Å²) in [4.78, 5) is 16.6. The molecule has 0 unspecified atom stereocenters. The summed E-state index contributed by atoms with van der Waals surface area (Å²) in [5, 5.41) is 5.05. The second-order valence-corrected chi connectivity index (χ2v) is 8.91. The molecule has 0 radical (unpaired) electrons. The van der Waals surface area contributed by atoms with Crippen LogP contribution in [-0.2, 0) is 16.6 Å². The molecule has 1 aromatic carbocycles. The highest BCUT2D eigenvalue weighted by atomic mass is 32.2. The number of nitrogens with one attached hydrogen (secondary N) is 1. The molecule has 26 heavy (non-hydrogen) atoms. The topological polar surface area (TPSA) is 79.4 Å². The third-order valence-corrected chi connectivity index (χ3v) is 6.46. The van der Waals surface area contributed by atoms with Crippen LogP contribution in [0.1, 0.15) is 47.7 Å². The van der Waals surface area contributed by atoms with Gasteiger partial charge in [-0.1, -0.05) is 31.5 Å². The molecule has 0 aliphatic heterocycles. The summed E-state index contributed by atoms with van der Waals surface area (Å²) in [6.45, 7) is 6.98. The van der Waals surface area contributed by atoms with E-state index in [9.17, 15) is 13.2 Å². The Labute approximate surface area is 159 Å². The van der Waals surface area contributed by atoms with Gasteiger partial charge in [-0.05, 0) is 31.9 Å². The van der Waals surface area contributed by atoms with Crippen LogP contribution in [0.3, 0.4) is 0 Å². The van der Waals surface area contributed by atoms with Gasteiger partial charge in [-0.15, -0.1) is 11.3 Å². The molecular formula is C18H25N3O3S2. The molecule has 0 saturated heterocycles. The average molecular weight is 396 g/mol. The Morgan fingerprint density at radius 2 is 1.88 bits per heavy atom. The molecule has 142 valence electrons. The molecule has 8 heteroatoms. The molecular weight excluding hydrogens is 370 g/mol. The first-order valence-electron chi connectivity index (χ1n) is 8.68. The summed E-state index contributed by atoms with van der Waals surface area (Å²) in [6, 6.07) is 6.82. The maximum absolute atomic E-state index is 12.9. The molecule has 2 aromatic rings. The van der Waals surface area contributed by atoms with Crippen molar-refractivity contribution in [2.45, 2.75) is 45.1 Å². The van der Waals surface area contributed by atoms with Crippen LogP contribution in [0.5, 0.6) is 0 Å². The molecule has 0 bridgehead atoms. The van der Waals surface area contributed by atoms with E-state index >= 15 is 0 Å². The van der Waals surface area contributed by atoms with Crippen LogP contribution >= 0.6 is 11.3 Å². The zero-order valence-corrected chi connectivity index (χ0v) is 17.0. The number of carbonyl (C=O) groups is 1. The van der Waals surface area contributed by atoms with E-state index < -0.39 is 10.0 Å². The minimum atomic E-state index is -3.60. The SMILES string of the molecule is CCCNC(=O)c1csc(CN(CCC)S(=O)(=O)c2ccc(C)cc2)n1. The standard InChI is InChI=1S/C18H25N3O3S2/c1-4-10-19-18(22)16-13-25-17(20-16)12-21(11-5-2)26(23,24)15-8-6-14(3)7-9-15/h6-9,13H,4-5,10-12H2,1-3H3,(H,19,22). The van der Waals surface area contributed by atoms with E-state index in [0.717, 1.165) is 12.0 Å². The number of benzene rings is 1. The van der Waals surface area contributed by atoms with Crippen molar-refractivity contribution in [3.63, 3.8) is 0 Å². The largest absolute Gasteiger partial charge is 0.351 e. The van der Waals surface area contributed by atoms with Crippen molar-refractivity contribution in [3.05, 3.63) is 45.9 Å². The van der Waals surface area contributed by atoms with Crippen molar-refractivity contribution < 1.29 is 13.2 Å². The van der Waals surface area contributed by atoms with Crippen LogP contribution in [-0.4, -0.2) is 36.7 Å². The summed E-state index contributed by atoms with van der Waals surface area (Å²) in [6.07, 6.45) is 1.54. The van der Waals surface area contributed by atoms with Crippen LogP contribution in [0, 0.1) is 6.92 Å². The van der Waals surface area contributed by atoms with Crippen LogP contribution in [0.2, 0.25) is 0 Å². The molecule has 0 aliphatic carbocycles. The van der Waals surface area contributed by atoms with Crippen molar-refractivity contribution in [2.24, 2.45) is 0 Å². The zero-order valence-electron chi connectivity index (χ0n) is 15.4. The Morgan fingerprint density at radius 3 is 2.50 bits per heavy atom. The first-order valence-corrected chi connectivity index (χ1v) is 11.0. The Kier molecular flexibility index (Phi) is 7.31. The Hall–Kier alpha value is -1.77. The Morgan fingerprint density at radius 1 is 1.19 bits per heavy atom. The number of hydrogen-bond acceptors (Lipinski definition) is 5. The lowest BCUT2D eigenvalue weighted by molar-refractivity contribution is 0.0949. The fourth-order valence-electron chi connectivity index (χ4n) is 2.36. The lowest BCUT2D eigenvalue weighted by Gasteiger charge is -2.20. The molecule has 1 aromatic heterocycles. The van der Waals surface area contributed by atoms with Gasteiger partial charge in [0.25, 0.3) is 5.91 Å². The number of nitrogens with zero attached hydrogens (tertiary/aromatic N) is 2. The van der Waals surface area contributed by atoms with E-state index in [1.807, 2.05) is 20.8 Å². The normalized spacial score (nSPS) is 11.7. The Bertz CT molecular complexity index is 830. The first kappa shape index (κ1) is 20.5. The highest BCUT2D eigenvalue weighted by Crippen LogP contribution is 2.21. The number of sulfonamides is 1. The fraction of sp³-hybridized carbons (Fsp3) is 0.444. The second kappa shape index (κ2) is 9.25. The van der Waals surface area contributed by atoms with Crippen LogP contribution in [0.15, 0.2) is 34.5 Å². The van der Waals surface area contributed by atoms with Crippen molar-refractivity contribution in [3.8, 4) is 0 Å². The number of amides is 1. The number of hydrogen-bond donors (Lipinski definition) is 1. The van der Waals surface area contributed by atoms with Gasteiger partial charge < -0.3 is 5.32 Å². The number of thiazole rings is 1. The predicted octanol–water partition coefficient (Wildman–Crippen LogP) is 3.19. The number of rotatable bonds is 9. The molecule has 0 saturated carbocycles. The Balaban J connectivity index is 2.19. The monoisotopic (exact) mass is 395 g/mol. The van der Waals surface area contributed by atoms with E-state index in [1.54, 1.807) is 29.6 Å². The fourth-order valence-corrected chi connectivity index (χ4v) is 4.72. The molecule has 0 spiro atoms. The maximum atomic E-state index is 12.9. The van der Waals surface area contributed by atoms with Gasteiger partial charge in [0, 0.05) is 18.5 Å². The zero-order chi connectivity index (χ0) is 19.2. The molecule has 1 amide bonds. The maximum Gasteiger partial charge on any atom is 0.270 e. The van der Waals surface area contributed by atoms with Gasteiger partial charge in [-0.2, -0.15) is 4.31 Å². The van der Waals surface area contributed by atoms with Crippen molar-refractivity contribution in [1.29, 1.82) is 0 Å². The summed E-state index contributed by atoms with van der Waals surface area (Å²) in [5.41, 5.74) is 1.34. The van der Waals surface area contributed by atoms with Gasteiger partial charge in [0.1, 0.15) is 10.7 Å². The molecule has 2 rings (SSSR count). The lowest BCUT2D eigenvalue weighted by Crippen LogP contribution is -2.31. The smallest absolute Gasteiger partial charge is 0.270 e. The van der Waals surface area contributed by atoms with Crippen LogP contribution in [0.25, 0.3) is 0 Å². The van der Waals surface area contributed by atoms with Gasteiger partial charge in [-0.3, -0.25) is 4.79 Å². The van der Waals surface area contributed by atoms with E-state index in [2.05, 4.69) is 10.3 Å². The molecule has 6 nitrogen and oxygen atoms in total. The minimum absolute atomic E-state index is 0.162. The molecule has 0 atom stereocenters. The van der Waals surface area contributed by atoms with E-state index in [1.165, 1.54) is 15.6 Å². The van der Waals surface area contributed by atoms with Gasteiger partial charge in [0.15, 0.2) is 0 Å². The summed E-state index contributed by atoms with van der Waals surface area (Å²) in [5.74, 6) is -0.224. The third kappa shape index (κ3) is 5.12. The number of carbonyl (C=O) groups excluding carboxylic acids is 1. The van der Waals surface area contributed by atoms with Crippen molar-refractivity contribution >= 4 is 27.3 Å². The van der Waals surface area contributed by atoms with Gasteiger partial charge in [0.05, 0.1) is 11.4 Å². The van der Waals surface area contributed by atoms with E-state index in [0.29, 0.717) is 30.2 Å². The average Bonchev–Trinajstić information content (AvgIpc) is 3.08. The third-order valence-electron chi connectivity index (χ3n) is 3.76. The summed E-state index contributed by atoms with van der Waals surface area (Å²) < 4.78 is 27.3. The molecule has 1 heterocycles. The molecule has 0 aliphatic rings. The van der Waals surface area contributed by atoms with Gasteiger partial charge >= 0.3 is 0 Å². The summed E-state index contributed by atoms with van der Waals surface area (Å²) >= 11 is 1.30. The highest BCUT2D eigenvalue weighted by Gasteiger charge is 2.25. The first-order chi connectivity index (χ1) is 12.4. The second-order valence-electron chi connectivity index (χ2n) is 6.03. The van der Waals surface area contributed by atoms with Crippen molar-refractivity contribution in [2.75, 3.05) is 13.1 Å².